The number of benzene rings is 2. The molecule has 1 aromatic heterocycles. The maximum absolute atomic E-state index is 12.9. The summed E-state index contributed by atoms with van der Waals surface area (Å²) in [5.74, 6) is -0.549. The molecule has 3 aromatic rings. The van der Waals surface area contributed by atoms with Crippen LogP contribution in [0.4, 0.5) is 0 Å². The molecule has 242 valence electrons. The molecule has 7 rings (SSSR count). The molecule has 0 bridgehead atoms. The fourth-order valence-corrected chi connectivity index (χ4v) is 6.99. The third-order valence-electron chi connectivity index (χ3n) is 9.73. The highest BCUT2D eigenvalue weighted by molar-refractivity contribution is 6.09. The first-order valence-electron chi connectivity index (χ1n) is 16.3. The van der Waals surface area contributed by atoms with Crippen LogP contribution in [-0.2, 0) is 27.5 Å². The monoisotopic (exact) mass is 634 g/mol. The number of fused-ring (bicyclic) bond motifs is 2. The predicted octanol–water partition coefficient (Wildman–Crippen LogP) is 2.32. The van der Waals surface area contributed by atoms with E-state index in [4.69, 9.17) is 10.7 Å². The molecule has 4 N–H and O–H groups in total. The number of nitrogens with one attached hydrogen (secondary N) is 2. The van der Waals surface area contributed by atoms with Crippen LogP contribution in [0.1, 0.15) is 65.7 Å². The van der Waals surface area contributed by atoms with E-state index in [1.54, 1.807) is 12.3 Å². The number of aliphatic imine (C=N–C) groups is 1. The van der Waals surface area contributed by atoms with Crippen LogP contribution in [0.5, 0.6) is 0 Å². The Morgan fingerprint density at radius 3 is 2.68 bits per heavy atom. The largest absolute Gasteiger partial charge is 0.404 e. The molecule has 2 saturated heterocycles. The zero-order valence-electron chi connectivity index (χ0n) is 26.1. The third kappa shape index (κ3) is 6.64. The van der Waals surface area contributed by atoms with Crippen molar-refractivity contribution in [1.82, 2.24) is 30.4 Å². The first-order valence-corrected chi connectivity index (χ1v) is 16.3. The number of piperidine rings is 2. The summed E-state index contributed by atoms with van der Waals surface area (Å²) in [7, 11) is 0. The van der Waals surface area contributed by atoms with Crippen molar-refractivity contribution in [2.45, 2.75) is 69.7 Å². The number of carbonyl (C=O) groups is 4. The lowest BCUT2D eigenvalue weighted by Gasteiger charge is -2.30. The number of amides is 4. The van der Waals surface area contributed by atoms with E-state index < -0.39 is 11.9 Å². The third-order valence-corrected chi connectivity index (χ3v) is 9.73. The highest BCUT2D eigenvalue weighted by Crippen LogP contribution is 2.40. The minimum absolute atomic E-state index is 0.0247. The first-order chi connectivity index (χ1) is 22.9. The van der Waals surface area contributed by atoms with Crippen molar-refractivity contribution in [1.29, 1.82) is 0 Å². The van der Waals surface area contributed by atoms with Crippen molar-refractivity contribution in [3.8, 4) is 0 Å². The van der Waals surface area contributed by atoms with Gasteiger partial charge in [-0.2, -0.15) is 0 Å². The van der Waals surface area contributed by atoms with E-state index in [0.717, 1.165) is 60.1 Å². The van der Waals surface area contributed by atoms with Crippen LogP contribution >= 0.6 is 0 Å². The van der Waals surface area contributed by atoms with E-state index in [1.807, 2.05) is 42.6 Å². The standard InChI is InChI=1S/C35H38N8O4/c36-16-24(29-19-38-27-3-1-2-4-28(27)40-29)18-37-25-9-11-42(12-10-25)31-14-22(31)15-33(45)39-17-21-5-6-26-23(13-21)20-43(35(26)47)30-7-8-32(44)41-34(30)46/h1-6,13,16,18-19,22,25,30-31H,7-12,14-15,17,20,36H2,(H,39,45)(H,41,44,46). The molecule has 1 saturated carbocycles. The number of allylic oxidation sites excluding steroid dienone is 1. The highest BCUT2D eigenvalue weighted by atomic mass is 16.2. The van der Waals surface area contributed by atoms with E-state index >= 15 is 0 Å². The van der Waals surface area contributed by atoms with Crippen LogP contribution < -0.4 is 16.4 Å². The Labute approximate surface area is 272 Å². The van der Waals surface area contributed by atoms with E-state index in [1.165, 1.54) is 11.1 Å². The van der Waals surface area contributed by atoms with Crippen molar-refractivity contribution < 1.29 is 19.2 Å². The van der Waals surface area contributed by atoms with E-state index in [-0.39, 0.29) is 30.2 Å². The van der Waals surface area contributed by atoms with Crippen LogP contribution in [0.2, 0.25) is 0 Å². The zero-order valence-corrected chi connectivity index (χ0v) is 26.1. The van der Waals surface area contributed by atoms with Crippen LogP contribution in [-0.4, -0.2) is 80.8 Å². The van der Waals surface area contributed by atoms with Gasteiger partial charge in [0.05, 0.1) is 29.0 Å². The Hall–Kier alpha value is -4.97. The number of rotatable bonds is 9. The number of hydrogen-bond donors (Lipinski definition) is 3. The van der Waals surface area contributed by atoms with Gasteiger partial charge in [-0.1, -0.05) is 24.3 Å². The van der Waals surface area contributed by atoms with Crippen molar-refractivity contribution >= 4 is 46.4 Å². The second-order valence-corrected chi connectivity index (χ2v) is 12.8. The summed E-state index contributed by atoms with van der Waals surface area (Å²) in [5, 5.41) is 5.37. The molecule has 12 nitrogen and oxygen atoms in total. The second kappa shape index (κ2) is 13.0. The Bertz CT molecular complexity index is 1800. The Balaban J connectivity index is 0.846. The lowest BCUT2D eigenvalue weighted by Crippen LogP contribution is -2.52. The fraction of sp³-hybridized carbons (Fsp3) is 0.400. The normalized spacial score (nSPS) is 23.7. The van der Waals surface area contributed by atoms with Gasteiger partial charge >= 0.3 is 0 Å². The average molecular weight is 635 g/mol. The molecule has 1 aliphatic carbocycles. The lowest BCUT2D eigenvalue weighted by atomic mass is 10.0. The van der Waals surface area contributed by atoms with Gasteiger partial charge in [-0.05, 0) is 60.9 Å². The number of para-hydroxylation sites is 2. The molecule has 4 amide bonds. The van der Waals surface area contributed by atoms with Gasteiger partial charge < -0.3 is 16.0 Å². The molecule has 12 heteroatoms. The number of imide groups is 1. The predicted molar refractivity (Wildman–Crippen MR) is 176 cm³/mol. The van der Waals surface area contributed by atoms with Crippen molar-refractivity contribution in [3.05, 3.63) is 77.2 Å². The Morgan fingerprint density at radius 1 is 1.09 bits per heavy atom. The molecule has 4 aliphatic rings. The summed E-state index contributed by atoms with van der Waals surface area (Å²) in [5.41, 5.74) is 11.3. The van der Waals surface area contributed by atoms with Crippen molar-refractivity contribution in [2.75, 3.05) is 13.1 Å². The molecule has 3 unspecified atom stereocenters. The van der Waals surface area contributed by atoms with Gasteiger partial charge in [-0.25, -0.2) is 4.98 Å². The number of likely N-dealkylation sites (tertiary alicyclic amines) is 1. The fourth-order valence-electron chi connectivity index (χ4n) is 6.99. The van der Waals surface area contributed by atoms with Gasteiger partial charge in [0.25, 0.3) is 5.91 Å². The summed E-state index contributed by atoms with van der Waals surface area (Å²) in [6.07, 6.45) is 9.05. The van der Waals surface area contributed by atoms with Gasteiger partial charge in [-0.15, -0.1) is 0 Å². The number of aromatic nitrogens is 2. The number of nitrogens with zero attached hydrogens (tertiary/aromatic N) is 5. The van der Waals surface area contributed by atoms with E-state index in [0.29, 0.717) is 49.1 Å². The van der Waals surface area contributed by atoms with Crippen molar-refractivity contribution in [3.63, 3.8) is 0 Å². The minimum Gasteiger partial charge on any atom is -0.404 e. The molecule has 0 spiro atoms. The number of nitrogens with two attached hydrogens (primary N) is 1. The van der Waals surface area contributed by atoms with Gasteiger partial charge in [0.1, 0.15) is 6.04 Å². The Morgan fingerprint density at radius 2 is 1.89 bits per heavy atom. The summed E-state index contributed by atoms with van der Waals surface area (Å²) in [6, 6.07) is 13.3. The Kier molecular flexibility index (Phi) is 8.50. The SMILES string of the molecule is NC=C(C=NC1CCN(C2CC2CC(=O)NCc2ccc3c(c2)CN(C2CCC(=O)NC2=O)C3=O)CC1)c1cnc2ccccc2n1. The summed E-state index contributed by atoms with van der Waals surface area (Å²) in [4.78, 5) is 67.6. The van der Waals surface area contributed by atoms with Crippen molar-refractivity contribution in [2.24, 2.45) is 16.6 Å². The molecule has 4 heterocycles. The number of carbonyl (C=O) groups excluding carboxylic acids is 4. The summed E-state index contributed by atoms with van der Waals surface area (Å²) in [6.45, 7) is 2.60. The van der Waals surface area contributed by atoms with Crippen LogP contribution in [0.25, 0.3) is 16.6 Å². The van der Waals surface area contributed by atoms with Gasteiger partial charge in [0.2, 0.25) is 17.7 Å². The second-order valence-electron chi connectivity index (χ2n) is 12.8. The zero-order chi connectivity index (χ0) is 32.5. The van der Waals surface area contributed by atoms with E-state index in [9.17, 15) is 19.2 Å². The van der Waals surface area contributed by atoms with Crippen LogP contribution in [0, 0.1) is 5.92 Å². The summed E-state index contributed by atoms with van der Waals surface area (Å²) < 4.78 is 0. The molecular weight excluding hydrogens is 596 g/mol. The molecule has 3 aliphatic heterocycles. The maximum atomic E-state index is 12.9. The molecule has 3 atom stereocenters. The molecule has 0 radical (unpaired) electrons. The molecule has 3 fully saturated rings. The highest BCUT2D eigenvalue weighted by Gasteiger charge is 2.43. The average Bonchev–Trinajstić information content (AvgIpc) is 3.77. The van der Waals surface area contributed by atoms with Gasteiger partial charge in [-0.3, -0.25) is 39.4 Å². The van der Waals surface area contributed by atoms with Gasteiger partial charge in [0.15, 0.2) is 0 Å². The van der Waals surface area contributed by atoms with E-state index in [2.05, 4.69) is 25.5 Å². The smallest absolute Gasteiger partial charge is 0.255 e. The summed E-state index contributed by atoms with van der Waals surface area (Å²) >= 11 is 0. The quantitative estimate of drug-likeness (QED) is 0.239. The maximum Gasteiger partial charge on any atom is 0.255 e. The first kappa shape index (κ1) is 30.7. The minimum atomic E-state index is -0.640. The molecular formula is C35H38N8O4. The lowest BCUT2D eigenvalue weighted by molar-refractivity contribution is -0.137. The number of hydrogen-bond acceptors (Lipinski definition) is 9. The topological polar surface area (TPSA) is 163 Å². The molecule has 2 aromatic carbocycles. The van der Waals surface area contributed by atoms with Crippen LogP contribution in [0.15, 0.2) is 59.9 Å². The molecule has 47 heavy (non-hydrogen) atoms. The van der Waals surface area contributed by atoms with Crippen LogP contribution in [0.3, 0.4) is 0 Å². The van der Waals surface area contributed by atoms with Gasteiger partial charge in [0, 0.05) is 68.6 Å².